The minimum Gasteiger partial charge on any atom is -0.327 e. The fourth-order valence-corrected chi connectivity index (χ4v) is 2.50. The predicted octanol–water partition coefficient (Wildman–Crippen LogP) is 3.55. The van der Waals surface area contributed by atoms with Crippen molar-refractivity contribution in [2.75, 3.05) is 0 Å². The Bertz CT molecular complexity index is 725. The molecule has 0 saturated carbocycles. The van der Waals surface area contributed by atoms with Gasteiger partial charge in [0.1, 0.15) is 11.3 Å². The first-order chi connectivity index (χ1) is 9.79. The highest BCUT2D eigenvalue weighted by Crippen LogP contribution is 2.20. The standard InChI is InChI=1S/C15H13ClFN3/c16-9-14-19-15-12(17)4-1-5-13(15)20(14)8-6-11-3-2-7-18-10-11/h1-5,7,10H,6,8-9H2. The molecule has 3 nitrogen and oxygen atoms in total. The lowest BCUT2D eigenvalue weighted by Crippen LogP contribution is -2.05. The fraction of sp³-hybridized carbons (Fsp3) is 0.200. The van der Waals surface area contributed by atoms with Crippen molar-refractivity contribution >= 4 is 22.6 Å². The van der Waals surface area contributed by atoms with E-state index < -0.39 is 0 Å². The second kappa shape index (κ2) is 5.59. The smallest absolute Gasteiger partial charge is 0.151 e. The molecule has 3 aromatic rings. The van der Waals surface area contributed by atoms with Crippen LogP contribution in [0.5, 0.6) is 0 Å². The molecule has 0 unspecified atom stereocenters. The van der Waals surface area contributed by atoms with E-state index in [9.17, 15) is 4.39 Å². The van der Waals surface area contributed by atoms with Crippen molar-refractivity contribution in [1.29, 1.82) is 0 Å². The summed E-state index contributed by atoms with van der Waals surface area (Å²) >= 11 is 5.92. The summed E-state index contributed by atoms with van der Waals surface area (Å²) in [5.41, 5.74) is 2.30. The van der Waals surface area contributed by atoms with Gasteiger partial charge >= 0.3 is 0 Å². The molecule has 0 bridgehead atoms. The monoisotopic (exact) mass is 289 g/mol. The predicted molar refractivity (Wildman–Crippen MR) is 77.2 cm³/mol. The summed E-state index contributed by atoms with van der Waals surface area (Å²) in [5.74, 6) is 0.644. The first-order valence-corrected chi connectivity index (χ1v) is 6.91. The molecule has 0 amide bonds. The number of hydrogen-bond acceptors (Lipinski definition) is 2. The lowest BCUT2D eigenvalue weighted by Gasteiger charge is -2.07. The maximum Gasteiger partial charge on any atom is 0.151 e. The third kappa shape index (κ3) is 2.39. The summed E-state index contributed by atoms with van der Waals surface area (Å²) in [6.07, 6.45) is 4.38. The minimum atomic E-state index is -0.311. The molecule has 1 aromatic carbocycles. The number of benzene rings is 1. The van der Waals surface area contributed by atoms with Gasteiger partial charge < -0.3 is 4.57 Å². The average molecular weight is 290 g/mol. The summed E-state index contributed by atoms with van der Waals surface area (Å²) in [7, 11) is 0. The van der Waals surface area contributed by atoms with Crippen molar-refractivity contribution in [1.82, 2.24) is 14.5 Å². The molecule has 2 heterocycles. The maximum absolute atomic E-state index is 13.8. The zero-order valence-corrected chi connectivity index (χ0v) is 11.5. The molecule has 0 fully saturated rings. The quantitative estimate of drug-likeness (QED) is 0.688. The van der Waals surface area contributed by atoms with E-state index in [1.54, 1.807) is 12.3 Å². The van der Waals surface area contributed by atoms with Crippen LogP contribution in [0.4, 0.5) is 4.39 Å². The number of alkyl halides is 1. The van der Waals surface area contributed by atoms with Crippen molar-refractivity contribution in [3.8, 4) is 0 Å². The van der Waals surface area contributed by atoms with Crippen molar-refractivity contribution in [2.45, 2.75) is 18.8 Å². The SMILES string of the molecule is Fc1cccc2c1nc(CCl)n2CCc1cccnc1. The van der Waals surface area contributed by atoms with Crippen LogP contribution < -0.4 is 0 Å². The Morgan fingerprint density at radius 2 is 2.10 bits per heavy atom. The second-order valence-corrected chi connectivity index (χ2v) is 4.80. The second-order valence-electron chi connectivity index (χ2n) is 4.53. The average Bonchev–Trinajstić information content (AvgIpc) is 2.85. The molecule has 3 rings (SSSR count). The van der Waals surface area contributed by atoms with E-state index in [4.69, 9.17) is 11.6 Å². The summed E-state index contributed by atoms with van der Waals surface area (Å²) in [6, 6.07) is 8.90. The van der Waals surface area contributed by atoms with Gasteiger partial charge in [-0.2, -0.15) is 0 Å². The zero-order chi connectivity index (χ0) is 13.9. The highest BCUT2D eigenvalue weighted by Gasteiger charge is 2.12. The molecular weight excluding hydrogens is 277 g/mol. The van der Waals surface area contributed by atoms with Gasteiger partial charge in [0.05, 0.1) is 11.4 Å². The molecule has 102 valence electrons. The Morgan fingerprint density at radius 3 is 2.85 bits per heavy atom. The van der Waals surface area contributed by atoms with Gasteiger partial charge in [-0.25, -0.2) is 9.37 Å². The van der Waals surface area contributed by atoms with Crippen molar-refractivity contribution < 1.29 is 4.39 Å². The molecule has 0 spiro atoms. The largest absolute Gasteiger partial charge is 0.327 e. The van der Waals surface area contributed by atoms with E-state index in [0.717, 1.165) is 17.5 Å². The summed E-state index contributed by atoms with van der Waals surface area (Å²) in [6.45, 7) is 0.702. The molecule has 2 aromatic heterocycles. The summed E-state index contributed by atoms with van der Waals surface area (Å²) in [4.78, 5) is 8.38. The van der Waals surface area contributed by atoms with Gasteiger partial charge in [-0.05, 0) is 30.2 Å². The zero-order valence-electron chi connectivity index (χ0n) is 10.8. The number of fused-ring (bicyclic) bond motifs is 1. The van der Waals surface area contributed by atoms with Crippen LogP contribution in [-0.4, -0.2) is 14.5 Å². The summed E-state index contributed by atoms with van der Waals surface area (Å²) in [5, 5.41) is 0. The molecule has 0 atom stereocenters. The van der Waals surface area contributed by atoms with Crippen LogP contribution >= 0.6 is 11.6 Å². The minimum absolute atomic E-state index is 0.265. The summed E-state index contributed by atoms with van der Waals surface area (Å²) < 4.78 is 15.7. The van der Waals surface area contributed by atoms with Gasteiger partial charge in [0.25, 0.3) is 0 Å². The number of imidazole rings is 1. The van der Waals surface area contributed by atoms with Crippen LogP contribution in [-0.2, 0) is 18.8 Å². The third-order valence-corrected chi connectivity index (χ3v) is 3.51. The molecule has 0 radical (unpaired) electrons. The number of halogens is 2. The van der Waals surface area contributed by atoms with E-state index >= 15 is 0 Å². The van der Waals surface area contributed by atoms with Gasteiger partial charge in [-0.1, -0.05) is 12.1 Å². The molecule has 5 heteroatoms. The molecule has 0 N–H and O–H groups in total. The fourth-order valence-electron chi connectivity index (χ4n) is 2.30. The lowest BCUT2D eigenvalue weighted by molar-refractivity contribution is 0.637. The topological polar surface area (TPSA) is 30.7 Å². The van der Waals surface area contributed by atoms with E-state index in [0.29, 0.717) is 17.9 Å². The number of aromatic nitrogens is 3. The van der Waals surface area contributed by atoms with Crippen LogP contribution in [0.1, 0.15) is 11.4 Å². The number of hydrogen-bond donors (Lipinski definition) is 0. The Labute approximate surface area is 121 Å². The van der Waals surface area contributed by atoms with Crippen molar-refractivity contribution in [3.05, 3.63) is 59.9 Å². The molecule has 0 saturated heterocycles. The highest BCUT2D eigenvalue weighted by molar-refractivity contribution is 6.16. The molecular formula is C15H13ClFN3. The number of aryl methyl sites for hydroxylation is 2. The number of rotatable bonds is 4. The van der Waals surface area contributed by atoms with Crippen LogP contribution in [0.15, 0.2) is 42.7 Å². The van der Waals surface area contributed by atoms with Gasteiger partial charge in [0.15, 0.2) is 5.82 Å². The van der Waals surface area contributed by atoms with E-state index in [-0.39, 0.29) is 11.7 Å². The maximum atomic E-state index is 13.8. The van der Waals surface area contributed by atoms with E-state index in [2.05, 4.69) is 9.97 Å². The van der Waals surface area contributed by atoms with Gasteiger partial charge in [-0.15, -0.1) is 11.6 Å². The molecule has 0 aliphatic carbocycles. The number of pyridine rings is 1. The normalized spacial score (nSPS) is 11.1. The van der Waals surface area contributed by atoms with Crippen LogP contribution in [0, 0.1) is 5.82 Å². The first kappa shape index (κ1) is 13.1. The van der Waals surface area contributed by atoms with Gasteiger partial charge in [-0.3, -0.25) is 4.98 Å². The van der Waals surface area contributed by atoms with Crippen LogP contribution in [0.3, 0.4) is 0 Å². The Balaban J connectivity index is 1.96. The first-order valence-electron chi connectivity index (χ1n) is 6.38. The van der Waals surface area contributed by atoms with Gasteiger partial charge in [0.2, 0.25) is 0 Å². The molecule has 20 heavy (non-hydrogen) atoms. The third-order valence-electron chi connectivity index (χ3n) is 3.28. The van der Waals surface area contributed by atoms with Crippen molar-refractivity contribution in [2.24, 2.45) is 0 Å². The Morgan fingerprint density at radius 1 is 1.20 bits per heavy atom. The van der Waals surface area contributed by atoms with Crippen LogP contribution in [0.2, 0.25) is 0 Å². The van der Waals surface area contributed by atoms with Crippen molar-refractivity contribution in [3.63, 3.8) is 0 Å². The van der Waals surface area contributed by atoms with Crippen LogP contribution in [0.25, 0.3) is 11.0 Å². The van der Waals surface area contributed by atoms with E-state index in [1.807, 2.05) is 29.0 Å². The Hall–Kier alpha value is -1.94. The highest BCUT2D eigenvalue weighted by atomic mass is 35.5. The number of nitrogens with zero attached hydrogens (tertiary/aromatic N) is 3. The lowest BCUT2D eigenvalue weighted by atomic mass is 10.2. The molecule has 0 aliphatic heterocycles. The molecule has 0 aliphatic rings. The van der Waals surface area contributed by atoms with E-state index in [1.165, 1.54) is 6.07 Å². The number of para-hydroxylation sites is 1. The van der Waals surface area contributed by atoms with Gasteiger partial charge in [0, 0.05) is 18.9 Å². The Kier molecular flexibility index (Phi) is 3.65.